The van der Waals surface area contributed by atoms with Crippen LogP contribution in [0.15, 0.2) is 73.2 Å². The number of rotatable bonds is 13. The van der Waals surface area contributed by atoms with Crippen LogP contribution in [-0.4, -0.2) is 50.4 Å². The Kier molecular flexibility index (Phi) is 12.4. The zero-order valence-electron chi connectivity index (χ0n) is 23.9. The van der Waals surface area contributed by atoms with E-state index in [1.165, 1.54) is 5.39 Å². The number of carbonyl (C=O) groups is 3. The number of aromatic amines is 1. The molecule has 0 radical (unpaired) electrons. The molecule has 2 aromatic heterocycles. The van der Waals surface area contributed by atoms with Crippen LogP contribution in [0.4, 0.5) is 13.2 Å². The Balaban J connectivity index is 0.000000646. The number of halogens is 3. The quantitative estimate of drug-likeness (QED) is 0.149. The van der Waals surface area contributed by atoms with E-state index in [-0.39, 0.29) is 11.8 Å². The lowest BCUT2D eigenvalue weighted by Crippen LogP contribution is -2.31. The number of carboxylic acids is 1. The van der Waals surface area contributed by atoms with E-state index < -0.39 is 12.1 Å². The van der Waals surface area contributed by atoms with Gasteiger partial charge in [0, 0.05) is 37.3 Å². The molecule has 0 fully saturated rings. The van der Waals surface area contributed by atoms with Gasteiger partial charge in [0.05, 0.1) is 17.8 Å². The Bertz CT molecular complexity index is 1490. The molecular formula is C32H35F3N4O4. The predicted octanol–water partition coefficient (Wildman–Crippen LogP) is 6.63. The molecule has 1 unspecified atom stereocenters. The minimum atomic E-state index is -5.08. The van der Waals surface area contributed by atoms with Gasteiger partial charge in [0.1, 0.15) is 11.6 Å². The van der Waals surface area contributed by atoms with Crippen LogP contribution in [-0.2, 0) is 20.8 Å². The Labute approximate surface area is 247 Å². The van der Waals surface area contributed by atoms with Gasteiger partial charge in [-0.25, -0.2) is 9.78 Å². The molecule has 4 rings (SSSR count). The first-order chi connectivity index (χ1) is 20.6. The molecule has 228 valence electrons. The van der Waals surface area contributed by atoms with Crippen LogP contribution >= 0.6 is 0 Å². The van der Waals surface area contributed by atoms with Gasteiger partial charge in [0.2, 0.25) is 5.91 Å². The maximum Gasteiger partial charge on any atom is 0.490 e. The van der Waals surface area contributed by atoms with E-state index in [2.05, 4.69) is 50.6 Å². The number of alkyl halides is 3. The van der Waals surface area contributed by atoms with Gasteiger partial charge in [-0.3, -0.25) is 14.6 Å². The average Bonchev–Trinajstić information content (AvgIpc) is 3.49. The van der Waals surface area contributed by atoms with E-state index >= 15 is 0 Å². The van der Waals surface area contributed by atoms with Gasteiger partial charge in [-0.15, -0.1) is 0 Å². The van der Waals surface area contributed by atoms with E-state index in [9.17, 15) is 22.8 Å². The summed E-state index contributed by atoms with van der Waals surface area (Å²) < 4.78 is 31.7. The molecule has 0 saturated heterocycles. The number of benzene rings is 2. The molecule has 2 aromatic carbocycles. The number of nitrogens with zero attached hydrogens (tertiary/aromatic N) is 2. The van der Waals surface area contributed by atoms with E-state index in [0.29, 0.717) is 37.4 Å². The van der Waals surface area contributed by atoms with Crippen molar-refractivity contribution in [2.75, 3.05) is 6.54 Å². The molecule has 43 heavy (non-hydrogen) atoms. The molecule has 0 spiro atoms. The van der Waals surface area contributed by atoms with Crippen molar-refractivity contribution >= 4 is 28.4 Å². The van der Waals surface area contributed by atoms with Gasteiger partial charge >= 0.3 is 12.1 Å². The smallest absolute Gasteiger partial charge is 0.475 e. The average molecular weight is 597 g/mol. The van der Waals surface area contributed by atoms with Crippen molar-refractivity contribution in [3.63, 3.8) is 0 Å². The number of H-pyrrole nitrogens is 1. The number of ketones is 1. The van der Waals surface area contributed by atoms with Gasteiger partial charge in [-0.05, 0) is 47.7 Å². The van der Waals surface area contributed by atoms with Gasteiger partial charge in [-0.1, -0.05) is 62.2 Å². The lowest BCUT2D eigenvalue weighted by molar-refractivity contribution is -0.192. The van der Waals surface area contributed by atoms with Crippen LogP contribution in [0.1, 0.15) is 62.8 Å². The number of amides is 1. The fourth-order valence-corrected chi connectivity index (χ4v) is 4.43. The summed E-state index contributed by atoms with van der Waals surface area (Å²) in [7, 11) is 0. The number of nitrogens with one attached hydrogen (secondary N) is 2. The number of pyridine rings is 1. The van der Waals surface area contributed by atoms with Crippen LogP contribution in [0, 0.1) is 0 Å². The monoisotopic (exact) mass is 596 g/mol. The van der Waals surface area contributed by atoms with Crippen LogP contribution in [0.3, 0.4) is 0 Å². The first-order valence-electron chi connectivity index (χ1n) is 14.1. The molecule has 2 heterocycles. The van der Waals surface area contributed by atoms with Gasteiger partial charge < -0.3 is 15.4 Å². The summed E-state index contributed by atoms with van der Waals surface area (Å²) in [5, 5.41) is 12.6. The van der Waals surface area contributed by atoms with Crippen LogP contribution in [0.25, 0.3) is 22.0 Å². The Hall–Kier alpha value is -4.54. The number of carbonyl (C=O) groups excluding carboxylic acids is 2. The molecule has 1 atom stereocenters. The number of fused-ring (bicyclic) bond motifs is 1. The van der Waals surface area contributed by atoms with Crippen molar-refractivity contribution in [1.82, 2.24) is 20.3 Å². The first kappa shape index (κ1) is 33.0. The van der Waals surface area contributed by atoms with Crippen molar-refractivity contribution in [3.8, 4) is 11.3 Å². The molecule has 1 amide bonds. The fraction of sp³-hybridized carbons (Fsp3) is 0.344. The highest BCUT2D eigenvalue weighted by molar-refractivity contribution is 5.87. The summed E-state index contributed by atoms with van der Waals surface area (Å²) in [6, 6.07) is 18.5. The SMILES string of the molecule is CCC(=O)CCCCCC(C(=O)NCCc1cccnc1)c1ncc(-c2ccc3ccccc3c2)[nH]1.O=C(O)C(F)(F)F. The van der Waals surface area contributed by atoms with E-state index in [1.807, 2.05) is 43.6 Å². The van der Waals surface area contributed by atoms with Gasteiger partial charge in [0.15, 0.2) is 0 Å². The lowest BCUT2D eigenvalue weighted by Gasteiger charge is -2.15. The first-order valence-corrected chi connectivity index (χ1v) is 14.1. The number of imidazole rings is 1. The minimum absolute atomic E-state index is 0.0251. The summed E-state index contributed by atoms with van der Waals surface area (Å²) in [6.45, 7) is 2.45. The van der Waals surface area contributed by atoms with Gasteiger partial charge in [0.25, 0.3) is 0 Å². The van der Waals surface area contributed by atoms with Crippen molar-refractivity contribution < 1.29 is 32.7 Å². The number of Topliss-reactive ketones (excluding diaryl/α,β-unsaturated/α-hetero) is 1. The van der Waals surface area contributed by atoms with Crippen LogP contribution < -0.4 is 5.32 Å². The summed E-state index contributed by atoms with van der Waals surface area (Å²) in [6.07, 6.45) is 5.57. The summed E-state index contributed by atoms with van der Waals surface area (Å²) >= 11 is 0. The highest BCUT2D eigenvalue weighted by Gasteiger charge is 2.38. The number of hydrogen-bond acceptors (Lipinski definition) is 5. The molecule has 0 aliphatic heterocycles. The normalized spacial score (nSPS) is 11.8. The van der Waals surface area contributed by atoms with Crippen LogP contribution in [0.2, 0.25) is 0 Å². The number of hydrogen-bond donors (Lipinski definition) is 3. The number of aromatic nitrogens is 3. The molecule has 0 bridgehead atoms. The second kappa shape index (κ2) is 16.2. The number of aliphatic carboxylic acids is 1. The molecular weight excluding hydrogens is 561 g/mol. The maximum atomic E-state index is 13.2. The van der Waals surface area contributed by atoms with Crippen molar-refractivity contribution in [2.45, 2.75) is 64.0 Å². The molecule has 0 aliphatic carbocycles. The largest absolute Gasteiger partial charge is 0.490 e. The highest BCUT2D eigenvalue weighted by Crippen LogP contribution is 2.27. The molecule has 0 saturated carbocycles. The Morgan fingerprint density at radius 1 is 0.977 bits per heavy atom. The molecule has 3 N–H and O–H groups in total. The van der Waals surface area contributed by atoms with Crippen molar-refractivity contribution in [1.29, 1.82) is 0 Å². The topological polar surface area (TPSA) is 125 Å². The predicted molar refractivity (Wildman–Crippen MR) is 157 cm³/mol. The summed E-state index contributed by atoms with van der Waals surface area (Å²) in [5.41, 5.74) is 3.03. The molecule has 8 nitrogen and oxygen atoms in total. The summed E-state index contributed by atoms with van der Waals surface area (Å²) in [4.78, 5) is 45.9. The number of unbranched alkanes of at least 4 members (excludes halogenated alkanes) is 2. The third-order valence-corrected chi connectivity index (χ3v) is 6.82. The zero-order chi connectivity index (χ0) is 31.2. The van der Waals surface area contributed by atoms with Crippen LogP contribution in [0.5, 0.6) is 0 Å². The highest BCUT2D eigenvalue weighted by atomic mass is 19.4. The maximum absolute atomic E-state index is 13.2. The standard InChI is InChI=1S/C30H34N4O2.C2HF3O2/c1-2-26(35)12-4-3-5-13-27(30(36)32-18-16-22-9-8-17-31-20-22)29-33-21-28(34-29)25-15-14-23-10-6-7-11-24(23)19-25;3-2(4,5)1(6)7/h6-11,14-15,17,19-21,27H,2-5,12-13,16,18H2,1H3,(H,32,36)(H,33,34);(H,6,7). The third-order valence-electron chi connectivity index (χ3n) is 6.82. The summed E-state index contributed by atoms with van der Waals surface area (Å²) in [5.74, 6) is -2.17. The second-order valence-electron chi connectivity index (χ2n) is 9.99. The third kappa shape index (κ3) is 10.7. The molecule has 11 heteroatoms. The van der Waals surface area contributed by atoms with Crippen molar-refractivity contribution in [3.05, 3.63) is 84.6 Å². The minimum Gasteiger partial charge on any atom is -0.475 e. The molecule has 4 aromatic rings. The van der Waals surface area contributed by atoms with E-state index in [1.54, 1.807) is 6.20 Å². The number of carboxylic acid groups (broad SMARTS) is 1. The zero-order valence-corrected chi connectivity index (χ0v) is 23.9. The Morgan fingerprint density at radius 3 is 2.40 bits per heavy atom. The Morgan fingerprint density at radius 2 is 1.72 bits per heavy atom. The van der Waals surface area contributed by atoms with Gasteiger partial charge in [-0.2, -0.15) is 13.2 Å². The lowest BCUT2D eigenvalue weighted by atomic mass is 9.98. The van der Waals surface area contributed by atoms with E-state index in [4.69, 9.17) is 9.90 Å². The fourth-order valence-electron chi connectivity index (χ4n) is 4.43. The molecule has 0 aliphatic rings. The second-order valence-corrected chi connectivity index (χ2v) is 9.99. The van der Waals surface area contributed by atoms with Crippen molar-refractivity contribution in [2.24, 2.45) is 0 Å². The van der Waals surface area contributed by atoms with E-state index in [0.717, 1.165) is 47.9 Å².